The van der Waals surface area contributed by atoms with E-state index in [2.05, 4.69) is 9.99 Å². The normalized spacial score (nSPS) is 17.8. The highest BCUT2D eigenvalue weighted by atomic mass is 16.7. The Morgan fingerprint density at radius 3 is 2.73 bits per heavy atom. The van der Waals surface area contributed by atoms with Crippen LogP contribution in [0.25, 0.3) is 0 Å². The Bertz CT molecular complexity index is 432. The third-order valence-corrected chi connectivity index (χ3v) is 2.15. The molecule has 0 spiro atoms. The minimum absolute atomic E-state index is 0.365. The highest BCUT2D eigenvalue weighted by Crippen LogP contribution is 2.17. The first-order chi connectivity index (χ1) is 7.33. The summed E-state index contributed by atoms with van der Waals surface area (Å²) in [6, 6.07) is 9.55. The van der Waals surface area contributed by atoms with Crippen molar-refractivity contribution in [1.82, 2.24) is 0 Å². The van der Waals surface area contributed by atoms with Gasteiger partial charge in [0.2, 0.25) is 0 Å². The summed E-state index contributed by atoms with van der Waals surface area (Å²) in [6.45, 7) is 1.97. The fourth-order valence-corrected chi connectivity index (χ4v) is 1.47. The molecule has 0 fully saturated rings. The molecular weight excluding hydrogens is 190 g/mol. The van der Waals surface area contributed by atoms with E-state index in [4.69, 9.17) is 0 Å². The minimum Gasteiger partial charge on any atom is -0.312 e. The summed E-state index contributed by atoms with van der Waals surface area (Å²) in [5.41, 5.74) is 2.09. The van der Waals surface area contributed by atoms with Gasteiger partial charge < -0.3 is 4.84 Å². The maximum absolute atomic E-state index is 11.3. The first kappa shape index (κ1) is 9.65. The summed E-state index contributed by atoms with van der Waals surface area (Å²) in [5.74, 6) is -0.365. The van der Waals surface area contributed by atoms with Crippen molar-refractivity contribution < 1.29 is 9.63 Å². The highest BCUT2D eigenvalue weighted by Gasteiger charge is 2.25. The van der Waals surface area contributed by atoms with E-state index in [1.807, 2.05) is 43.3 Å². The number of nitrogens with zero attached hydrogens (tertiary/aromatic N) is 1. The van der Waals surface area contributed by atoms with Crippen LogP contribution in [0, 0.1) is 0 Å². The molecule has 0 saturated carbocycles. The Hall–Kier alpha value is -1.90. The molecule has 0 N–H and O–H groups in total. The van der Waals surface area contributed by atoms with Crippen LogP contribution in [0.3, 0.4) is 0 Å². The lowest BCUT2D eigenvalue weighted by Gasteiger charge is -1.98. The second-order valence-corrected chi connectivity index (χ2v) is 3.21. The van der Waals surface area contributed by atoms with Crippen LogP contribution >= 0.6 is 0 Å². The summed E-state index contributed by atoms with van der Waals surface area (Å²) in [5, 5.41) is 3.79. The lowest BCUT2D eigenvalue weighted by atomic mass is 10.0. The number of rotatable bonds is 2. The predicted octanol–water partition coefficient (Wildman–Crippen LogP) is 2.28. The lowest BCUT2D eigenvalue weighted by Crippen LogP contribution is -2.06. The predicted molar refractivity (Wildman–Crippen MR) is 57.4 cm³/mol. The maximum atomic E-state index is 11.3. The number of carbonyl (C=O) groups excluding carboxylic acids is 1. The van der Waals surface area contributed by atoms with Crippen LogP contribution in [0.1, 0.15) is 18.9 Å². The second kappa shape index (κ2) is 4.09. The van der Waals surface area contributed by atoms with E-state index in [1.54, 1.807) is 0 Å². The molecule has 0 radical (unpaired) electrons. The summed E-state index contributed by atoms with van der Waals surface area (Å²) in [4.78, 5) is 16.0. The molecule has 3 heteroatoms. The molecule has 0 aliphatic carbocycles. The van der Waals surface area contributed by atoms with E-state index in [0.717, 1.165) is 12.0 Å². The highest BCUT2D eigenvalue weighted by molar-refractivity contribution is 6.28. The molecule has 0 saturated heterocycles. The first-order valence-electron chi connectivity index (χ1n) is 4.88. The number of oxime groups is 1. The Morgan fingerprint density at radius 2 is 2.07 bits per heavy atom. The number of allylic oxidation sites excluding steroid dienone is 1. The van der Waals surface area contributed by atoms with Crippen LogP contribution in [0.15, 0.2) is 47.1 Å². The molecule has 1 aliphatic heterocycles. The zero-order chi connectivity index (χ0) is 10.7. The van der Waals surface area contributed by atoms with Gasteiger partial charge in [-0.05, 0) is 6.42 Å². The van der Waals surface area contributed by atoms with E-state index in [-0.39, 0.29) is 5.97 Å². The van der Waals surface area contributed by atoms with Crippen LogP contribution in [0.2, 0.25) is 0 Å². The summed E-state index contributed by atoms with van der Waals surface area (Å²) >= 11 is 0. The van der Waals surface area contributed by atoms with Crippen molar-refractivity contribution in [2.24, 2.45) is 5.16 Å². The van der Waals surface area contributed by atoms with E-state index in [0.29, 0.717) is 11.3 Å². The van der Waals surface area contributed by atoms with E-state index in [9.17, 15) is 4.79 Å². The Labute approximate surface area is 88.1 Å². The number of carbonyl (C=O) groups is 1. The molecule has 0 unspecified atom stereocenters. The van der Waals surface area contributed by atoms with Gasteiger partial charge in [0, 0.05) is 5.56 Å². The van der Waals surface area contributed by atoms with Crippen molar-refractivity contribution >= 4 is 11.7 Å². The minimum atomic E-state index is -0.365. The van der Waals surface area contributed by atoms with Gasteiger partial charge in [0.1, 0.15) is 5.71 Å². The zero-order valence-corrected chi connectivity index (χ0v) is 8.43. The molecule has 76 valence electrons. The van der Waals surface area contributed by atoms with Gasteiger partial charge in [-0.2, -0.15) is 0 Å². The topological polar surface area (TPSA) is 38.7 Å². The summed E-state index contributed by atoms with van der Waals surface area (Å²) in [7, 11) is 0. The molecule has 0 amide bonds. The van der Waals surface area contributed by atoms with Crippen molar-refractivity contribution in [3.8, 4) is 0 Å². The largest absolute Gasteiger partial charge is 0.367 e. The summed E-state index contributed by atoms with van der Waals surface area (Å²) in [6.07, 6.45) is 2.62. The van der Waals surface area contributed by atoms with E-state index < -0.39 is 0 Å². The van der Waals surface area contributed by atoms with Gasteiger partial charge >= 0.3 is 5.97 Å². The van der Waals surface area contributed by atoms with Gasteiger partial charge in [-0.25, -0.2) is 4.79 Å². The van der Waals surface area contributed by atoms with Crippen molar-refractivity contribution in [3.63, 3.8) is 0 Å². The van der Waals surface area contributed by atoms with Gasteiger partial charge in [-0.3, -0.25) is 0 Å². The van der Waals surface area contributed by atoms with Crippen LogP contribution < -0.4 is 0 Å². The summed E-state index contributed by atoms with van der Waals surface area (Å²) < 4.78 is 0. The van der Waals surface area contributed by atoms with Crippen LogP contribution in [0.4, 0.5) is 0 Å². The third-order valence-electron chi connectivity index (χ3n) is 2.15. The molecule has 2 rings (SSSR count). The van der Waals surface area contributed by atoms with Crippen molar-refractivity contribution in [1.29, 1.82) is 0 Å². The molecule has 15 heavy (non-hydrogen) atoms. The molecule has 1 aromatic rings. The van der Waals surface area contributed by atoms with Crippen LogP contribution in [-0.2, 0) is 9.63 Å². The molecule has 0 atom stereocenters. The van der Waals surface area contributed by atoms with Gasteiger partial charge in [-0.1, -0.05) is 48.5 Å². The molecule has 0 aromatic heterocycles. The zero-order valence-electron chi connectivity index (χ0n) is 8.43. The molecule has 1 aliphatic rings. The number of hydrogen-bond donors (Lipinski definition) is 0. The fraction of sp³-hybridized carbons (Fsp3) is 0.167. The Morgan fingerprint density at radius 1 is 1.33 bits per heavy atom. The van der Waals surface area contributed by atoms with Gasteiger partial charge in [0.05, 0.1) is 5.57 Å². The Kier molecular flexibility index (Phi) is 2.63. The SMILES string of the molecule is CC/C=C1/C(=O)ON=C1c1ccccc1. The second-order valence-electron chi connectivity index (χ2n) is 3.21. The van der Waals surface area contributed by atoms with Crippen LogP contribution in [0.5, 0.6) is 0 Å². The number of hydrogen-bond acceptors (Lipinski definition) is 3. The van der Waals surface area contributed by atoms with E-state index in [1.165, 1.54) is 0 Å². The van der Waals surface area contributed by atoms with Crippen molar-refractivity contribution in [2.45, 2.75) is 13.3 Å². The van der Waals surface area contributed by atoms with Gasteiger partial charge in [0.25, 0.3) is 0 Å². The molecule has 1 aromatic carbocycles. The van der Waals surface area contributed by atoms with Crippen molar-refractivity contribution in [3.05, 3.63) is 47.5 Å². The fourth-order valence-electron chi connectivity index (χ4n) is 1.47. The maximum Gasteiger partial charge on any atom is 0.367 e. The average molecular weight is 201 g/mol. The molecule has 0 bridgehead atoms. The van der Waals surface area contributed by atoms with Crippen molar-refractivity contribution in [2.75, 3.05) is 0 Å². The van der Waals surface area contributed by atoms with E-state index >= 15 is 0 Å². The Balaban J connectivity index is 2.39. The molecular formula is C12H11NO2. The molecule has 1 heterocycles. The van der Waals surface area contributed by atoms with Gasteiger partial charge in [-0.15, -0.1) is 0 Å². The van der Waals surface area contributed by atoms with Gasteiger partial charge in [0.15, 0.2) is 0 Å². The first-order valence-corrected chi connectivity index (χ1v) is 4.88. The number of benzene rings is 1. The van der Waals surface area contributed by atoms with Crippen LogP contribution in [-0.4, -0.2) is 11.7 Å². The smallest absolute Gasteiger partial charge is 0.312 e. The molecule has 3 nitrogen and oxygen atoms in total. The average Bonchev–Trinajstić information content (AvgIpc) is 2.63. The lowest BCUT2D eigenvalue weighted by molar-refractivity contribution is -0.136. The quantitative estimate of drug-likeness (QED) is 0.544. The third kappa shape index (κ3) is 1.81. The standard InChI is InChI=1S/C12H11NO2/c1-2-6-10-11(13-15-12(10)14)9-7-4-3-5-8-9/h3-8H,2H2,1H3/b10-6+. The monoisotopic (exact) mass is 201 g/mol.